The second-order valence-electron chi connectivity index (χ2n) is 10.5. The van der Waals surface area contributed by atoms with Crippen LogP contribution in [-0.4, -0.2) is 26.8 Å². The highest BCUT2D eigenvalue weighted by molar-refractivity contribution is 5.93. The Morgan fingerprint density at radius 1 is 1.09 bits per heavy atom. The van der Waals surface area contributed by atoms with Gasteiger partial charge in [0.25, 0.3) is 0 Å². The average molecular weight is 460 g/mol. The molecule has 34 heavy (non-hydrogen) atoms. The van der Waals surface area contributed by atoms with E-state index in [0.29, 0.717) is 34.8 Å². The number of rotatable bonds is 3. The third-order valence-corrected chi connectivity index (χ3v) is 8.58. The molecule has 2 fully saturated rings. The fourth-order valence-electron chi connectivity index (χ4n) is 6.61. The average Bonchev–Trinajstić information content (AvgIpc) is 3.35. The highest BCUT2D eigenvalue weighted by atomic mass is 19.1. The zero-order chi connectivity index (χ0) is 23.4. The van der Waals surface area contributed by atoms with Gasteiger partial charge in [-0.15, -0.1) is 0 Å². The molecule has 0 saturated heterocycles. The van der Waals surface area contributed by atoms with Crippen molar-refractivity contribution in [2.45, 2.75) is 76.7 Å². The molecule has 6 rings (SSSR count). The lowest BCUT2D eigenvalue weighted by atomic mass is 9.56. The lowest BCUT2D eigenvalue weighted by Crippen LogP contribution is -2.47. The molecule has 2 aromatic heterocycles. The van der Waals surface area contributed by atoms with Gasteiger partial charge in [0, 0.05) is 40.5 Å². The first-order valence-corrected chi connectivity index (χ1v) is 12.6. The van der Waals surface area contributed by atoms with Crippen LogP contribution in [0, 0.1) is 17.7 Å². The highest BCUT2D eigenvalue weighted by Gasteiger charge is 2.50. The number of Topliss-reactive ketones (excluding diaryl/α,β-unsaturated/α-hetero) is 1. The third-order valence-electron chi connectivity index (χ3n) is 8.58. The van der Waals surface area contributed by atoms with E-state index >= 15 is 0 Å². The van der Waals surface area contributed by atoms with Crippen molar-refractivity contribution in [3.8, 4) is 17.3 Å². The number of pyridine rings is 1. The minimum atomic E-state index is -0.355. The maximum absolute atomic E-state index is 14.5. The van der Waals surface area contributed by atoms with Crippen molar-refractivity contribution in [2.75, 3.05) is 0 Å². The summed E-state index contributed by atoms with van der Waals surface area (Å²) in [6.07, 6.45) is 9.38. The Balaban J connectivity index is 1.55. The van der Waals surface area contributed by atoms with E-state index in [-0.39, 0.29) is 29.2 Å². The van der Waals surface area contributed by atoms with E-state index in [1.807, 2.05) is 12.1 Å². The van der Waals surface area contributed by atoms with Crippen molar-refractivity contribution in [1.29, 1.82) is 0 Å². The summed E-state index contributed by atoms with van der Waals surface area (Å²) in [4.78, 5) is 26.9. The SMILES string of the molecule is C[C@H]1C(=O)CC[C@@]2(C)c3nc(-c4ccnc5c(F)cccc45)nc(OC4CCCC4)c3CC[C@H]12. The second-order valence-corrected chi connectivity index (χ2v) is 10.5. The van der Waals surface area contributed by atoms with Gasteiger partial charge in [0.15, 0.2) is 5.82 Å². The number of fused-ring (bicyclic) bond motifs is 4. The molecule has 2 saturated carbocycles. The van der Waals surface area contributed by atoms with E-state index in [1.165, 1.54) is 18.9 Å². The molecule has 3 aliphatic rings. The van der Waals surface area contributed by atoms with Gasteiger partial charge < -0.3 is 4.74 Å². The van der Waals surface area contributed by atoms with Crippen LogP contribution in [0.4, 0.5) is 4.39 Å². The summed E-state index contributed by atoms with van der Waals surface area (Å²) < 4.78 is 21.0. The number of para-hydroxylation sites is 1. The van der Waals surface area contributed by atoms with Crippen molar-refractivity contribution in [2.24, 2.45) is 11.8 Å². The van der Waals surface area contributed by atoms with Crippen LogP contribution in [0.1, 0.15) is 70.1 Å². The van der Waals surface area contributed by atoms with Crippen LogP contribution in [0.15, 0.2) is 30.5 Å². The summed E-state index contributed by atoms with van der Waals surface area (Å²) in [5, 5.41) is 0.693. The van der Waals surface area contributed by atoms with Crippen LogP contribution >= 0.6 is 0 Å². The van der Waals surface area contributed by atoms with Crippen LogP contribution in [0.3, 0.4) is 0 Å². The van der Waals surface area contributed by atoms with Crippen LogP contribution in [0.25, 0.3) is 22.3 Å². The normalized spacial score (nSPS) is 27.0. The largest absolute Gasteiger partial charge is 0.474 e. The minimum absolute atomic E-state index is 0.0281. The van der Waals surface area contributed by atoms with Gasteiger partial charge in [0.05, 0.1) is 5.69 Å². The number of hydrogen-bond donors (Lipinski definition) is 0. The summed E-state index contributed by atoms with van der Waals surface area (Å²) in [5.41, 5.74) is 2.98. The Bertz CT molecular complexity index is 1290. The molecule has 0 radical (unpaired) electrons. The van der Waals surface area contributed by atoms with Gasteiger partial charge in [0.2, 0.25) is 5.88 Å². The smallest absolute Gasteiger partial charge is 0.220 e. The molecule has 0 bridgehead atoms. The number of aromatic nitrogens is 3. The molecule has 3 aromatic rings. The summed E-state index contributed by atoms with van der Waals surface area (Å²) in [5.74, 6) is 1.52. The minimum Gasteiger partial charge on any atom is -0.474 e. The number of hydrogen-bond acceptors (Lipinski definition) is 5. The van der Waals surface area contributed by atoms with Crippen molar-refractivity contribution < 1.29 is 13.9 Å². The lowest BCUT2D eigenvalue weighted by molar-refractivity contribution is -0.128. The molecular weight excluding hydrogens is 429 g/mol. The Hall–Kier alpha value is -2.89. The Morgan fingerprint density at radius 3 is 2.74 bits per heavy atom. The zero-order valence-electron chi connectivity index (χ0n) is 19.8. The Labute approximate surface area is 199 Å². The molecule has 6 heteroatoms. The molecular formula is C28H30FN3O2. The summed E-state index contributed by atoms with van der Waals surface area (Å²) in [6, 6.07) is 6.85. The molecule has 0 spiro atoms. The van der Waals surface area contributed by atoms with Gasteiger partial charge in [-0.25, -0.2) is 9.37 Å². The quantitative estimate of drug-likeness (QED) is 0.483. The fraction of sp³-hybridized carbons (Fsp3) is 0.500. The van der Waals surface area contributed by atoms with E-state index in [1.54, 1.807) is 12.3 Å². The maximum Gasteiger partial charge on any atom is 0.220 e. The number of halogens is 1. The molecule has 0 N–H and O–H groups in total. The molecule has 1 aromatic carbocycles. The van der Waals surface area contributed by atoms with Gasteiger partial charge in [-0.05, 0) is 63.0 Å². The number of carbonyl (C=O) groups is 1. The number of benzene rings is 1. The summed E-state index contributed by atoms with van der Waals surface area (Å²) in [6.45, 7) is 4.34. The van der Waals surface area contributed by atoms with Crippen LogP contribution in [0.5, 0.6) is 5.88 Å². The third kappa shape index (κ3) is 3.33. The number of ketones is 1. The molecule has 5 nitrogen and oxygen atoms in total. The van der Waals surface area contributed by atoms with Crippen LogP contribution < -0.4 is 4.74 Å². The predicted molar refractivity (Wildman–Crippen MR) is 128 cm³/mol. The summed E-state index contributed by atoms with van der Waals surface area (Å²) in [7, 11) is 0. The van der Waals surface area contributed by atoms with Crippen molar-refractivity contribution in [3.05, 3.63) is 47.5 Å². The fourth-order valence-corrected chi connectivity index (χ4v) is 6.61. The lowest BCUT2D eigenvalue weighted by Gasteiger charge is -2.48. The Kier molecular flexibility index (Phi) is 5.16. The van der Waals surface area contributed by atoms with Crippen molar-refractivity contribution in [3.63, 3.8) is 0 Å². The highest BCUT2D eigenvalue weighted by Crippen LogP contribution is 2.52. The second kappa shape index (κ2) is 8.10. The number of carbonyl (C=O) groups excluding carboxylic acids is 1. The standard InChI is InChI=1S/C28H30FN3O2/c1-16-21-11-10-20-25(28(21,2)14-12-23(16)33)31-26(32-27(20)34-17-6-3-4-7-17)19-13-15-30-24-18(19)8-5-9-22(24)29/h5,8-9,13,15-17,21H,3-4,6-7,10-12,14H2,1-2H3/t16-,21-,28-/m1/s1. The number of ether oxygens (including phenoxy) is 1. The van der Waals surface area contributed by atoms with Crippen LogP contribution in [0.2, 0.25) is 0 Å². The molecule has 0 amide bonds. The van der Waals surface area contributed by atoms with Gasteiger partial charge in [-0.3, -0.25) is 9.78 Å². The molecule has 3 aliphatic carbocycles. The summed E-state index contributed by atoms with van der Waals surface area (Å²) >= 11 is 0. The molecule has 176 valence electrons. The van der Waals surface area contributed by atoms with E-state index in [9.17, 15) is 9.18 Å². The van der Waals surface area contributed by atoms with Gasteiger partial charge in [-0.2, -0.15) is 4.98 Å². The molecule has 3 atom stereocenters. The monoisotopic (exact) mass is 459 g/mol. The van der Waals surface area contributed by atoms with Crippen molar-refractivity contribution in [1.82, 2.24) is 15.0 Å². The maximum atomic E-state index is 14.5. The zero-order valence-corrected chi connectivity index (χ0v) is 19.8. The molecule has 0 aliphatic heterocycles. The predicted octanol–water partition coefficient (Wildman–Crippen LogP) is 5.97. The van der Waals surface area contributed by atoms with E-state index < -0.39 is 0 Å². The molecule has 0 unspecified atom stereocenters. The van der Waals surface area contributed by atoms with Crippen molar-refractivity contribution >= 4 is 16.7 Å². The van der Waals surface area contributed by atoms with Gasteiger partial charge in [0.1, 0.15) is 23.2 Å². The first-order chi connectivity index (χ1) is 16.5. The van der Waals surface area contributed by atoms with E-state index in [2.05, 4.69) is 18.8 Å². The van der Waals surface area contributed by atoms with Crippen LogP contribution in [-0.2, 0) is 16.6 Å². The van der Waals surface area contributed by atoms with Gasteiger partial charge in [-0.1, -0.05) is 26.0 Å². The van der Waals surface area contributed by atoms with Gasteiger partial charge >= 0.3 is 0 Å². The first-order valence-electron chi connectivity index (χ1n) is 12.6. The Morgan fingerprint density at radius 2 is 1.91 bits per heavy atom. The topological polar surface area (TPSA) is 65.0 Å². The van der Waals surface area contributed by atoms with E-state index in [4.69, 9.17) is 14.7 Å². The van der Waals surface area contributed by atoms with E-state index in [0.717, 1.165) is 48.9 Å². The molecule has 2 heterocycles. The number of nitrogens with zero attached hydrogens (tertiary/aromatic N) is 3. The first kappa shape index (κ1) is 21.6.